The highest BCUT2D eigenvalue weighted by Crippen LogP contribution is 2.29. The van der Waals surface area contributed by atoms with Crippen molar-refractivity contribution in [1.29, 1.82) is 0 Å². The lowest BCUT2D eigenvalue weighted by atomic mass is 10.1. The average molecular weight is 260 g/mol. The number of nitrogens with zero attached hydrogens (tertiary/aromatic N) is 1. The molecule has 98 valence electrons. The van der Waals surface area contributed by atoms with Crippen LogP contribution in [-0.4, -0.2) is 44.6 Å². The van der Waals surface area contributed by atoms with Crippen LogP contribution in [-0.2, 0) is 14.8 Å². The van der Waals surface area contributed by atoms with E-state index in [9.17, 15) is 13.2 Å². The first-order valence-corrected chi connectivity index (χ1v) is 8.09. The number of hydrogen-bond donors (Lipinski definition) is 1. The molecular weight excluding hydrogens is 240 g/mol. The number of carbonyl (C=O) groups excluding carboxylic acids is 1. The number of nitrogens with one attached hydrogen (secondary N) is 1. The van der Waals surface area contributed by atoms with Gasteiger partial charge in [0.05, 0.1) is 6.26 Å². The van der Waals surface area contributed by atoms with E-state index in [4.69, 9.17) is 0 Å². The lowest BCUT2D eigenvalue weighted by Crippen LogP contribution is -2.35. The molecule has 6 heteroatoms. The van der Waals surface area contributed by atoms with Crippen LogP contribution < -0.4 is 4.72 Å². The first-order valence-electron chi connectivity index (χ1n) is 6.20. The summed E-state index contributed by atoms with van der Waals surface area (Å²) < 4.78 is 24.5. The standard InChI is InChI=1S/C11H20N2O3S/c1-17(15,16)12-7-9-6-11(14)13(8-9)10-4-2-3-5-10/h9-10,12H,2-8H2,1H3. The van der Waals surface area contributed by atoms with E-state index in [0.29, 0.717) is 25.6 Å². The maximum atomic E-state index is 11.8. The molecule has 0 radical (unpaired) electrons. The zero-order valence-corrected chi connectivity index (χ0v) is 11.0. The van der Waals surface area contributed by atoms with Crippen LogP contribution in [0.4, 0.5) is 0 Å². The fourth-order valence-corrected chi connectivity index (χ4v) is 3.32. The third kappa shape index (κ3) is 3.42. The molecule has 0 aromatic heterocycles. The molecule has 2 fully saturated rings. The van der Waals surface area contributed by atoms with E-state index in [1.165, 1.54) is 12.8 Å². The highest BCUT2D eigenvalue weighted by molar-refractivity contribution is 7.88. The van der Waals surface area contributed by atoms with Crippen molar-refractivity contribution in [3.05, 3.63) is 0 Å². The van der Waals surface area contributed by atoms with Gasteiger partial charge in [0.25, 0.3) is 0 Å². The monoisotopic (exact) mass is 260 g/mol. The van der Waals surface area contributed by atoms with Gasteiger partial charge in [-0.2, -0.15) is 0 Å². The van der Waals surface area contributed by atoms with Crippen LogP contribution in [0.1, 0.15) is 32.1 Å². The van der Waals surface area contributed by atoms with Gasteiger partial charge < -0.3 is 4.90 Å². The maximum Gasteiger partial charge on any atom is 0.223 e. The summed E-state index contributed by atoms with van der Waals surface area (Å²) in [6.45, 7) is 1.10. The molecule has 1 amide bonds. The van der Waals surface area contributed by atoms with Crippen LogP contribution in [0.25, 0.3) is 0 Å². The third-order valence-electron chi connectivity index (χ3n) is 3.64. The lowest BCUT2D eigenvalue weighted by molar-refractivity contribution is -0.129. The Labute approximate surface area is 103 Å². The molecule has 1 aliphatic carbocycles. The third-order valence-corrected chi connectivity index (χ3v) is 4.33. The van der Waals surface area contributed by atoms with Gasteiger partial charge in [0, 0.05) is 25.6 Å². The van der Waals surface area contributed by atoms with Crippen LogP contribution in [0.5, 0.6) is 0 Å². The number of likely N-dealkylation sites (tertiary alicyclic amines) is 1. The van der Waals surface area contributed by atoms with Gasteiger partial charge in [-0.25, -0.2) is 13.1 Å². The molecule has 0 aromatic rings. The van der Waals surface area contributed by atoms with Crippen molar-refractivity contribution < 1.29 is 13.2 Å². The molecule has 5 nitrogen and oxygen atoms in total. The Hall–Kier alpha value is -0.620. The smallest absolute Gasteiger partial charge is 0.223 e. The Kier molecular flexibility index (Phi) is 3.73. The lowest BCUT2D eigenvalue weighted by Gasteiger charge is -2.24. The summed E-state index contributed by atoms with van der Waals surface area (Å²) in [5.74, 6) is 0.329. The van der Waals surface area contributed by atoms with Gasteiger partial charge in [-0.05, 0) is 18.8 Å². The molecule has 1 saturated heterocycles. The van der Waals surface area contributed by atoms with Crippen LogP contribution in [0.15, 0.2) is 0 Å². The summed E-state index contributed by atoms with van der Waals surface area (Å²) in [5.41, 5.74) is 0. The maximum absolute atomic E-state index is 11.8. The molecule has 0 spiro atoms. The normalized spacial score (nSPS) is 27.0. The van der Waals surface area contributed by atoms with E-state index >= 15 is 0 Å². The van der Waals surface area contributed by atoms with E-state index in [-0.39, 0.29) is 11.8 Å². The Bertz CT molecular complexity index is 388. The Morgan fingerprint density at radius 3 is 2.59 bits per heavy atom. The molecular formula is C11H20N2O3S. The highest BCUT2D eigenvalue weighted by atomic mass is 32.2. The molecule has 17 heavy (non-hydrogen) atoms. The topological polar surface area (TPSA) is 66.5 Å². The molecule has 1 heterocycles. The van der Waals surface area contributed by atoms with E-state index in [1.54, 1.807) is 0 Å². The van der Waals surface area contributed by atoms with Gasteiger partial charge in [-0.3, -0.25) is 4.79 Å². The molecule has 1 unspecified atom stereocenters. The van der Waals surface area contributed by atoms with Gasteiger partial charge in [0.15, 0.2) is 0 Å². The predicted molar refractivity (Wildman–Crippen MR) is 64.9 cm³/mol. The second kappa shape index (κ2) is 4.94. The van der Waals surface area contributed by atoms with E-state index in [0.717, 1.165) is 19.1 Å². The number of rotatable bonds is 4. The molecule has 0 bridgehead atoms. The summed E-state index contributed by atoms with van der Waals surface area (Å²) in [6.07, 6.45) is 6.27. The SMILES string of the molecule is CS(=O)(=O)NCC1CC(=O)N(C2CCCC2)C1. The minimum absolute atomic E-state index is 0.137. The highest BCUT2D eigenvalue weighted by Gasteiger charge is 2.35. The van der Waals surface area contributed by atoms with Gasteiger partial charge in [-0.15, -0.1) is 0 Å². The first-order chi connectivity index (χ1) is 7.96. The van der Waals surface area contributed by atoms with Gasteiger partial charge in [0.2, 0.25) is 15.9 Å². The number of hydrogen-bond acceptors (Lipinski definition) is 3. The van der Waals surface area contributed by atoms with E-state index in [2.05, 4.69) is 4.72 Å². The summed E-state index contributed by atoms with van der Waals surface area (Å²) >= 11 is 0. The van der Waals surface area contributed by atoms with Crippen LogP contribution in [0.3, 0.4) is 0 Å². The van der Waals surface area contributed by atoms with Gasteiger partial charge >= 0.3 is 0 Å². The fourth-order valence-electron chi connectivity index (χ4n) is 2.78. The number of carbonyl (C=O) groups is 1. The van der Waals surface area contributed by atoms with Crippen molar-refractivity contribution in [3.63, 3.8) is 0 Å². The zero-order valence-electron chi connectivity index (χ0n) is 10.2. The largest absolute Gasteiger partial charge is 0.339 e. The van der Waals surface area contributed by atoms with Crippen LogP contribution in [0.2, 0.25) is 0 Å². The Morgan fingerprint density at radius 2 is 2.00 bits per heavy atom. The molecule has 2 aliphatic rings. The summed E-state index contributed by atoms with van der Waals surface area (Å²) in [7, 11) is -3.15. The van der Waals surface area contributed by atoms with Crippen molar-refractivity contribution in [1.82, 2.24) is 9.62 Å². The van der Waals surface area contributed by atoms with E-state index in [1.807, 2.05) is 4.90 Å². The predicted octanol–water partition coefficient (Wildman–Crippen LogP) is 0.327. The van der Waals surface area contributed by atoms with Gasteiger partial charge in [0.1, 0.15) is 0 Å². The average Bonchev–Trinajstić information content (AvgIpc) is 2.82. The van der Waals surface area contributed by atoms with Crippen molar-refractivity contribution in [2.75, 3.05) is 19.3 Å². The molecule has 1 aliphatic heterocycles. The molecule has 0 aromatic carbocycles. The van der Waals surface area contributed by atoms with Crippen molar-refractivity contribution in [2.45, 2.75) is 38.1 Å². The Balaban J connectivity index is 1.86. The molecule has 1 saturated carbocycles. The molecule has 1 atom stereocenters. The fraction of sp³-hybridized carbons (Fsp3) is 0.909. The summed E-state index contributed by atoms with van der Waals surface area (Å²) in [6, 6.07) is 0.408. The van der Waals surface area contributed by atoms with Crippen LogP contribution >= 0.6 is 0 Å². The minimum Gasteiger partial charge on any atom is -0.339 e. The zero-order chi connectivity index (χ0) is 12.5. The minimum atomic E-state index is -3.15. The quantitative estimate of drug-likeness (QED) is 0.792. The summed E-state index contributed by atoms with van der Waals surface area (Å²) in [5, 5.41) is 0. The second-order valence-electron chi connectivity index (χ2n) is 5.18. The summed E-state index contributed by atoms with van der Waals surface area (Å²) in [4.78, 5) is 13.8. The number of sulfonamides is 1. The Morgan fingerprint density at radius 1 is 1.35 bits per heavy atom. The van der Waals surface area contributed by atoms with Crippen molar-refractivity contribution >= 4 is 15.9 Å². The first kappa shape index (κ1) is 12.8. The number of amides is 1. The van der Waals surface area contributed by atoms with Gasteiger partial charge in [-0.1, -0.05) is 12.8 Å². The van der Waals surface area contributed by atoms with Crippen molar-refractivity contribution in [3.8, 4) is 0 Å². The van der Waals surface area contributed by atoms with Crippen molar-refractivity contribution in [2.24, 2.45) is 5.92 Å². The second-order valence-corrected chi connectivity index (χ2v) is 7.01. The molecule has 2 rings (SSSR count). The van der Waals surface area contributed by atoms with E-state index < -0.39 is 10.0 Å². The van der Waals surface area contributed by atoms with Crippen LogP contribution in [0, 0.1) is 5.92 Å². The molecule has 1 N–H and O–H groups in total.